The molecule has 34 heavy (non-hydrogen) atoms. The van der Waals surface area contributed by atoms with Crippen molar-refractivity contribution in [3.8, 4) is 34.4 Å². The van der Waals surface area contributed by atoms with E-state index in [1.807, 2.05) is 28.8 Å². The highest BCUT2D eigenvalue weighted by molar-refractivity contribution is 7.59. The Kier molecular flexibility index (Phi) is 5.63. The van der Waals surface area contributed by atoms with Crippen LogP contribution in [0.2, 0.25) is 0 Å². The van der Waals surface area contributed by atoms with Crippen LogP contribution in [0.5, 0.6) is 0 Å². The van der Waals surface area contributed by atoms with Gasteiger partial charge in [-0.15, -0.1) is 10.2 Å². The van der Waals surface area contributed by atoms with Crippen molar-refractivity contribution < 1.29 is 0 Å². The number of fused-ring (bicyclic) bond motifs is 5. The monoisotopic (exact) mass is 470 g/mol. The Hall–Kier alpha value is -3.61. The second-order valence-corrected chi connectivity index (χ2v) is 8.94. The molecular formula is C25H26N8S. The van der Waals surface area contributed by atoms with E-state index in [0.29, 0.717) is 18.2 Å². The number of pyridine rings is 1. The van der Waals surface area contributed by atoms with Gasteiger partial charge < -0.3 is 14.4 Å². The number of nitriles is 1. The topological polar surface area (TPSA) is 78.8 Å². The minimum atomic E-state index is 0. The Morgan fingerprint density at radius 2 is 1.91 bits per heavy atom. The predicted octanol–water partition coefficient (Wildman–Crippen LogP) is 3.28. The number of anilines is 1. The van der Waals surface area contributed by atoms with Crippen LogP contribution >= 0.6 is 13.5 Å². The standard InChI is InChI=1S/C25H24N8.H2S/c1-30(2)20-9-10-31(14-20)24-8-7-22-21(28-24)15-32-13-19(18-5-3-17(12-26)4-6-18)11-23(32)25-29-27-16-33(22)25;/h3-8,11,13,16,20H,9-10,14-15H2,1-2H3;1H2/t20-;/m0./s1. The molecule has 1 aromatic carbocycles. The largest absolute Gasteiger partial charge is 0.355 e. The van der Waals surface area contributed by atoms with E-state index < -0.39 is 0 Å². The van der Waals surface area contributed by atoms with Gasteiger partial charge in [0.25, 0.3) is 0 Å². The van der Waals surface area contributed by atoms with E-state index in [1.54, 1.807) is 6.33 Å². The van der Waals surface area contributed by atoms with Crippen molar-refractivity contribution in [2.45, 2.75) is 19.0 Å². The fourth-order valence-corrected chi connectivity index (χ4v) is 4.84. The van der Waals surface area contributed by atoms with E-state index in [0.717, 1.165) is 59.4 Å². The van der Waals surface area contributed by atoms with Gasteiger partial charge in [-0.1, -0.05) is 12.1 Å². The second kappa shape index (κ2) is 8.63. The SMILES string of the molecule is CN(C)[C@H]1CCN(c2ccc3c(n2)Cn2cc(-c4ccc(C#N)cc4)cc2-c2nncn2-3)C1.S. The van der Waals surface area contributed by atoms with Crippen LogP contribution in [0.25, 0.3) is 28.3 Å². The van der Waals surface area contributed by atoms with Crippen molar-refractivity contribution in [1.82, 2.24) is 29.2 Å². The highest BCUT2D eigenvalue weighted by Crippen LogP contribution is 2.34. The average Bonchev–Trinajstić information content (AvgIpc) is 3.58. The van der Waals surface area contributed by atoms with Crippen LogP contribution in [-0.4, -0.2) is 62.4 Å². The van der Waals surface area contributed by atoms with Crippen LogP contribution < -0.4 is 4.90 Å². The van der Waals surface area contributed by atoms with Crippen molar-refractivity contribution in [2.75, 3.05) is 32.1 Å². The van der Waals surface area contributed by atoms with E-state index >= 15 is 0 Å². The molecule has 0 N–H and O–H groups in total. The van der Waals surface area contributed by atoms with Gasteiger partial charge in [0.1, 0.15) is 12.1 Å². The van der Waals surface area contributed by atoms with Gasteiger partial charge in [0.15, 0.2) is 5.82 Å². The summed E-state index contributed by atoms with van der Waals surface area (Å²) >= 11 is 0. The van der Waals surface area contributed by atoms with Gasteiger partial charge in [-0.05, 0) is 56.4 Å². The molecule has 2 aliphatic heterocycles. The van der Waals surface area contributed by atoms with Gasteiger partial charge >= 0.3 is 0 Å². The van der Waals surface area contributed by atoms with Gasteiger partial charge in [-0.3, -0.25) is 4.57 Å². The normalized spacial score (nSPS) is 16.3. The zero-order valence-electron chi connectivity index (χ0n) is 19.2. The van der Waals surface area contributed by atoms with Gasteiger partial charge in [0, 0.05) is 30.9 Å². The maximum absolute atomic E-state index is 9.10. The number of benzene rings is 1. The number of likely N-dealkylation sites (N-methyl/N-ethyl adjacent to an activating group) is 1. The summed E-state index contributed by atoms with van der Waals surface area (Å²) in [5, 5.41) is 17.7. The number of nitrogens with zero attached hydrogens (tertiary/aromatic N) is 8. The van der Waals surface area contributed by atoms with E-state index in [4.69, 9.17) is 10.2 Å². The molecule has 0 bridgehead atoms. The number of hydrogen-bond donors (Lipinski definition) is 0. The molecule has 4 aromatic rings. The van der Waals surface area contributed by atoms with Crippen molar-refractivity contribution >= 4 is 19.3 Å². The smallest absolute Gasteiger partial charge is 0.185 e. The molecule has 0 unspecified atom stereocenters. The molecule has 1 saturated heterocycles. The minimum Gasteiger partial charge on any atom is -0.355 e. The lowest BCUT2D eigenvalue weighted by Gasteiger charge is -2.22. The lowest BCUT2D eigenvalue weighted by Crippen LogP contribution is -2.31. The predicted molar refractivity (Wildman–Crippen MR) is 137 cm³/mol. The summed E-state index contributed by atoms with van der Waals surface area (Å²) in [7, 11) is 4.29. The first-order chi connectivity index (χ1) is 16.1. The third kappa shape index (κ3) is 3.65. The number of aromatic nitrogens is 5. The molecule has 2 aliphatic rings. The average molecular weight is 471 g/mol. The molecule has 0 saturated carbocycles. The van der Waals surface area contributed by atoms with Crippen molar-refractivity contribution in [3.63, 3.8) is 0 Å². The summed E-state index contributed by atoms with van der Waals surface area (Å²) < 4.78 is 4.23. The van der Waals surface area contributed by atoms with Crippen LogP contribution in [0.4, 0.5) is 5.82 Å². The molecule has 9 heteroatoms. The van der Waals surface area contributed by atoms with Crippen LogP contribution in [0.15, 0.2) is 55.0 Å². The Morgan fingerprint density at radius 1 is 1.09 bits per heavy atom. The molecule has 8 nitrogen and oxygen atoms in total. The fourth-order valence-electron chi connectivity index (χ4n) is 4.84. The lowest BCUT2D eigenvalue weighted by atomic mass is 10.1. The van der Waals surface area contributed by atoms with Crippen molar-refractivity contribution in [2.24, 2.45) is 0 Å². The Morgan fingerprint density at radius 3 is 2.65 bits per heavy atom. The van der Waals surface area contributed by atoms with E-state index in [9.17, 15) is 0 Å². The number of rotatable bonds is 3. The first-order valence-electron chi connectivity index (χ1n) is 11.1. The molecule has 1 fully saturated rings. The molecule has 0 spiro atoms. The quantitative estimate of drug-likeness (QED) is 0.403. The molecular weight excluding hydrogens is 444 g/mol. The van der Waals surface area contributed by atoms with Crippen LogP contribution in [-0.2, 0) is 6.54 Å². The Bertz CT molecular complexity index is 1380. The second-order valence-electron chi connectivity index (χ2n) is 8.94. The van der Waals surface area contributed by atoms with Gasteiger partial charge in [-0.2, -0.15) is 18.8 Å². The first kappa shape index (κ1) is 22.2. The molecule has 1 atom stereocenters. The summed E-state index contributed by atoms with van der Waals surface area (Å²) in [5.41, 5.74) is 5.82. The Balaban J connectivity index is 0.00000241. The summed E-state index contributed by atoms with van der Waals surface area (Å²) in [6, 6.07) is 16.8. The molecule has 0 amide bonds. The number of hydrogen-bond acceptors (Lipinski definition) is 6. The summed E-state index contributed by atoms with van der Waals surface area (Å²) in [6.45, 7) is 2.67. The maximum atomic E-state index is 9.10. The zero-order valence-corrected chi connectivity index (χ0v) is 20.2. The summed E-state index contributed by atoms with van der Waals surface area (Å²) in [5.74, 6) is 1.83. The molecule has 3 aromatic heterocycles. The molecule has 5 heterocycles. The van der Waals surface area contributed by atoms with Crippen molar-refractivity contribution in [3.05, 3.63) is 66.2 Å². The third-order valence-corrected chi connectivity index (χ3v) is 6.75. The lowest BCUT2D eigenvalue weighted by molar-refractivity contribution is 0.315. The molecule has 0 aliphatic carbocycles. The van der Waals surface area contributed by atoms with Crippen LogP contribution in [0.3, 0.4) is 0 Å². The maximum Gasteiger partial charge on any atom is 0.185 e. The molecule has 172 valence electrons. The zero-order chi connectivity index (χ0) is 22.5. The van der Waals surface area contributed by atoms with E-state index in [1.165, 1.54) is 0 Å². The summed E-state index contributed by atoms with van der Waals surface area (Å²) in [4.78, 5) is 9.78. The molecule has 6 rings (SSSR count). The van der Waals surface area contributed by atoms with Crippen molar-refractivity contribution in [1.29, 1.82) is 5.26 Å². The summed E-state index contributed by atoms with van der Waals surface area (Å²) in [6.07, 6.45) is 5.05. The van der Waals surface area contributed by atoms with Gasteiger partial charge in [-0.25, -0.2) is 4.98 Å². The van der Waals surface area contributed by atoms with Gasteiger partial charge in [0.05, 0.1) is 35.3 Å². The minimum absolute atomic E-state index is 0. The highest BCUT2D eigenvalue weighted by atomic mass is 32.1. The Labute approximate surface area is 205 Å². The van der Waals surface area contributed by atoms with Crippen LogP contribution in [0, 0.1) is 11.3 Å². The van der Waals surface area contributed by atoms with E-state index in [2.05, 4.69) is 69.1 Å². The van der Waals surface area contributed by atoms with Crippen LogP contribution in [0.1, 0.15) is 17.7 Å². The molecule has 0 radical (unpaired) electrons. The third-order valence-electron chi connectivity index (χ3n) is 6.75. The highest BCUT2D eigenvalue weighted by Gasteiger charge is 2.27. The fraction of sp³-hybridized carbons (Fsp3) is 0.280. The first-order valence-corrected chi connectivity index (χ1v) is 11.1. The van der Waals surface area contributed by atoms with Gasteiger partial charge in [0.2, 0.25) is 0 Å². The van der Waals surface area contributed by atoms with E-state index in [-0.39, 0.29) is 13.5 Å².